The summed E-state index contributed by atoms with van der Waals surface area (Å²) < 4.78 is 23.8. The molecule has 3 heterocycles. The first kappa shape index (κ1) is 21.5. The van der Waals surface area contributed by atoms with Gasteiger partial charge in [0.1, 0.15) is 23.5 Å². The SMILES string of the molecule is COC(=O)[C@@H]1C[C@H](N2CC3C2C(=O)N3Cc2cccc(F)c2)CN1C(=O)OC(C)(C)C. The van der Waals surface area contributed by atoms with Gasteiger partial charge in [0, 0.05) is 25.7 Å². The van der Waals surface area contributed by atoms with Crippen LogP contribution in [0.4, 0.5) is 9.18 Å². The van der Waals surface area contributed by atoms with Crippen molar-refractivity contribution in [2.24, 2.45) is 0 Å². The fraction of sp³-hybridized carbons (Fsp3) is 0.591. The summed E-state index contributed by atoms with van der Waals surface area (Å²) in [6.07, 6.45) is -0.165. The number of piperazine rings is 1. The lowest BCUT2D eigenvalue weighted by molar-refractivity contribution is -0.186. The molecule has 31 heavy (non-hydrogen) atoms. The van der Waals surface area contributed by atoms with Crippen LogP contribution in [0, 0.1) is 5.82 Å². The Morgan fingerprint density at radius 2 is 1.97 bits per heavy atom. The molecule has 0 saturated carbocycles. The first-order chi connectivity index (χ1) is 14.6. The number of carbonyl (C=O) groups is 3. The Hall–Kier alpha value is -2.68. The van der Waals surface area contributed by atoms with Crippen LogP contribution in [0.2, 0.25) is 0 Å². The number of benzene rings is 1. The van der Waals surface area contributed by atoms with Gasteiger partial charge < -0.3 is 14.4 Å². The molecule has 9 heteroatoms. The van der Waals surface area contributed by atoms with Crippen LogP contribution in [0.1, 0.15) is 32.8 Å². The molecule has 4 atom stereocenters. The molecule has 0 N–H and O–H groups in total. The molecular weight excluding hydrogens is 405 g/mol. The van der Waals surface area contributed by atoms with Crippen molar-refractivity contribution in [2.75, 3.05) is 20.2 Å². The maximum Gasteiger partial charge on any atom is 0.411 e. The van der Waals surface area contributed by atoms with Gasteiger partial charge in [0.05, 0.1) is 13.2 Å². The van der Waals surface area contributed by atoms with Gasteiger partial charge in [-0.2, -0.15) is 0 Å². The maximum absolute atomic E-state index is 13.4. The number of hydrogen-bond acceptors (Lipinski definition) is 6. The molecule has 4 rings (SSSR count). The van der Waals surface area contributed by atoms with Crippen molar-refractivity contribution < 1.29 is 28.2 Å². The molecule has 0 bridgehead atoms. The number of esters is 1. The average Bonchev–Trinajstić information content (AvgIpc) is 3.10. The second-order valence-electron chi connectivity index (χ2n) is 9.37. The molecule has 2 amide bonds. The number of fused-ring (bicyclic) bond motifs is 1. The van der Waals surface area contributed by atoms with E-state index in [4.69, 9.17) is 9.47 Å². The van der Waals surface area contributed by atoms with Gasteiger partial charge in [-0.15, -0.1) is 0 Å². The highest BCUT2D eigenvalue weighted by molar-refractivity contribution is 5.91. The van der Waals surface area contributed by atoms with Gasteiger partial charge in [-0.3, -0.25) is 14.6 Å². The van der Waals surface area contributed by atoms with Crippen LogP contribution in [0.3, 0.4) is 0 Å². The molecule has 3 fully saturated rings. The van der Waals surface area contributed by atoms with Crippen LogP contribution in [-0.4, -0.2) is 82.6 Å². The smallest absolute Gasteiger partial charge is 0.411 e. The topological polar surface area (TPSA) is 79.4 Å². The third-order valence-electron chi connectivity index (χ3n) is 6.15. The zero-order valence-electron chi connectivity index (χ0n) is 18.2. The van der Waals surface area contributed by atoms with Crippen molar-refractivity contribution in [1.29, 1.82) is 0 Å². The lowest BCUT2D eigenvalue weighted by atomic mass is 9.82. The molecule has 8 nitrogen and oxygen atoms in total. The predicted molar refractivity (Wildman–Crippen MR) is 108 cm³/mol. The van der Waals surface area contributed by atoms with E-state index in [1.807, 2.05) is 0 Å². The summed E-state index contributed by atoms with van der Waals surface area (Å²) in [6, 6.07) is 5.21. The zero-order chi connectivity index (χ0) is 22.5. The highest BCUT2D eigenvalue weighted by Crippen LogP contribution is 2.40. The Morgan fingerprint density at radius 3 is 2.58 bits per heavy atom. The molecule has 0 spiro atoms. The zero-order valence-corrected chi connectivity index (χ0v) is 18.2. The van der Waals surface area contributed by atoms with Gasteiger partial charge in [0.25, 0.3) is 0 Å². The maximum atomic E-state index is 13.4. The Balaban J connectivity index is 1.40. The normalized spacial score (nSPS) is 28.0. The van der Waals surface area contributed by atoms with Crippen LogP contribution in [0.5, 0.6) is 0 Å². The van der Waals surface area contributed by atoms with Crippen molar-refractivity contribution in [3.8, 4) is 0 Å². The minimum Gasteiger partial charge on any atom is -0.467 e. The summed E-state index contributed by atoms with van der Waals surface area (Å²) in [5.41, 5.74) is 0.0759. The number of β-lactam (4-membered cyclic amide) rings is 1. The van der Waals surface area contributed by atoms with Crippen molar-refractivity contribution in [3.05, 3.63) is 35.6 Å². The third-order valence-corrected chi connectivity index (χ3v) is 6.15. The number of methoxy groups -OCH3 is 1. The van der Waals surface area contributed by atoms with Gasteiger partial charge in [0.2, 0.25) is 5.91 Å². The summed E-state index contributed by atoms with van der Waals surface area (Å²) in [6.45, 7) is 6.65. The first-order valence-electron chi connectivity index (χ1n) is 10.5. The van der Waals surface area contributed by atoms with Gasteiger partial charge in [-0.05, 0) is 44.9 Å². The summed E-state index contributed by atoms with van der Waals surface area (Å²) in [5, 5.41) is 0. The summed E-state index contributed by atoms with van der Waals surface area (Å²) >= 11 is 0. The van der Waals surface area contributed by atoms with E-state index in [1.54, 1.807) is 37.8 Å². The second kappa shape index (κ2) is 7.78. The van der Waals surface area contributed by atoms with E-state index in [2.05, 4.69) is 4.90 Å². The van der Waals surface area contributed by atoms with Gasteiger partial charge in [-0.25, -0.2) is 14.0 Å². The van der Waals surface area contributed by atoms with E-state index in [-0.39, 0.29) is 29.8 Å². The van der Waals surface area contributed by atoms with E-state index in [0.29, 0.717) is 26.1 Å². The number of nitrogens with zero attached hydrogens (tertiary/aromatic N) is 3. The minimum absolute atomic E-state index is 0.00847. The highest BCUT2D eigenvalue weighted by Gasteiger charge is 2.61. The number of carbonyl (C=O) groups excluding carboxylic acids is 3. The average molecular weight is 433 g/mol. The molecule has 0 radical (unpaired) electrons. The predicted octanol–water partition coefficient (Wildman–Crippen LogP) is 1.77. The van der Waals surface area contributed by atoms with Crippen LogP contribution in [0.15, 0.2) is 24.3 Å². The number of hydrogen-bond donors (Lipinski definition) is 0. The van der Waals surface area contributed by atoms with E-state index in [9.17, 15) is 18.8 Å². The first-order valence-corrected chi connectivity index (χ1v) is 10.5. The number of likely N-dealkylation sites (tertiary alicyclic amines) is 3. The Labute approximate surface area is 180 Å². The monoisotopic (exact) mass is 433 g/mol. The van der Waals surface area contributed by atoms with Gasteiger partial charge in [0.15, 0.2) is 0 Å². The lowest BCUT2D eigenvalue weighted by Crippen LogP contribution is -2.82. The lowest BCUT2D eigenvalue weighted by Gasteiger charge is -2.62. The van der Waals surface area contributed by atoms with Crippen molar-refractivity contribution in [3.63, 3.8) is 0 Å². The fourth-order valence-corrected chi connectivity index (χ4v) is 4.68. The number of ether oxygens (including phenoxy) is 2. The van der Waals surface area contributed by atoms with Crippen LogP contribution < -0.4 is 0 Å². The highest BCUT2D eigenvalue weighted by atomic mass is 19.1. The number of halogens is 1. The van der Waals surface area contributed by atoms with E-state index < -0.39 is 23.7 Å². The largest absolute Gasteiger partial charge is 0.467 e. The van der Waals surface area contributed by atoms with Gasteiger partial charge in [-0.1, -0.05) is 12.1 Å². The standard InChI is InChI=1S/C22H28FN3O5/c1-22(2,3)31-21(29)26-11-15(9-16(26)20(28)30-4)24-12-17-18(24)19(27)25(17)10-13-6-5-7-14(23)8-13/h5-8,15-18H,9-12H2,1-4H3/t15-,16-,17?,18?/m0/s1. The van der Waals surface area contributed by atoms with E-state index >= 15 is 0 Å². The molecule has 168 valence electrons. The number of amides is 2. The molecule has 3 aliphatic rings. The fourth-order valence-electron chi connectivity index (χ4n) is 4.68. The Kier molecular flexibility index (Phi) is 5.41. The third kappa shape index (κ3) is 3.98. The van der Waals surface area contributed by atoms with Crippen molar-refractivity contribution in [2.45, 2.75) is 63.5 Å². The molecule has 2 unspecified atom stereocenters. The summed E-state index contributed by atoms with van der Waals surface area (Å²) in [4.78, 5) is 42.9. The summed E-state index contributed by atoms with van der Waals surface area (Å²) in [5.74, 6) is -0.816. The van der Waals surface area contributed by atoms with E-state index in [1.165, 1.54) is 24.1 Å². The molecule has 0 aromatic heterocycles. The molecule has 3 saturated heterocycles. The Bertz CT molecular complexity index is 901. The van der Waals surface area contributed by atoms with E-state index in [0.717, 1.165) is 5.56 Å². The summed E-state index contributed by atoms with van der Waals surface area (Å²) in [7, 11) is 1.29. The molecule has 0 aliphatic carbocycles. The quantitative estimate of drug-likeness (QED) is 0.532. The van der Waals surface area contributed by atoms with Crippen molar-refractivity contribution >= 4 is 18.0 Å². The van der Waals surface area contributed by atoms with Crippen LogP contribution >= 0.6 is 0 Å². The molecule has 1 aromatic carbocycles. The molecule has 1 aromatic rings. The van der Waals surface area contributed by atoms with Crippen LogP contribution in [-0.2, 0) is 25.6 Å². The molecular formula is C22H28FN3O5. The van der Waals surface area contributed by atoms with Gasteiger partial charge >= 0.3 is 12.1 Å². The molecule has 3 aliphatic heterocycles. The number of rotatable bonds is 4. The second-order valence-corrected chi connectivity index (χ2v) is 9.37. The van der Waals surface area contributed by atoms with Crippen LogP contribution in [0.25, 0.3) is 0 Å². The van der Waals surface area contributed by atoms with Crippen molar-refractivity contribution in [1.82, 2.24) is 14.7 Å². The minimum atomic E-state index is -0.734. The Morgan fingerprint density at radius 1 is 1.23 bits per heavy atom.